The topological polar surface area (TPSA) is 29.1 Å². The second-order valence-corrected chi connectivity index (χ2v) is 4.56. The summed E-state index contributed by atoms with van der Waals surface area (Å²) in [5.41, 5.74) is 0.413. The highest BCUT2D eigenvalue weighted by atomic mass is 35.5. The molecule has 0 heterocycles. The largest absolute Gasteiger partial charge is 0.353 e. The molecule has 0 saturated heterocycles. The molecule has 1 aromatic rings. The third kappa shape index (κ3) is 4.35. The van der Waals surface area contributed by atoms with Crippen LogP contribution >= 0.6 is 11.6 Å². The van der Waals surface area contributed by atoms with Crippen molar-refractivity contribution < 1.29 is 9.18 Å². The molecule has 0 aliphatic carbocycles. The first-order chi connectivity index (χ1) is 8.04. The average Bonchev–Trinajstić information content (AvgIpc) is 2.31. The zero-order valence-electron chi connectivity index (χ0n) is 10.0. The van der Waals surface area contributed by atoms with Crippen LogP contribution in [-0.4, -0.2) is 17.8 Å². The van der Waals surface area contributed by atoms with Crippen molar-refractivity contribution in [2.75, 3.05) is 5.88 Å². The average molecular weight is 258 g/mol. The third-order valence-electron chi connectivity index (χ3n) is 2.79. The van der Waals surface area contributed by atoms with Crippen molar-refractivity contribution in [3.05, 3.63) is 35.6 Å². The van der Waals surface area contributed by atoms with Gasteiger partial charge in [0.05, 0.1) is 6.42 Å². The van der Waals surface area contributed by atoms with Crippen molar-refractivity contribution in [1.29, 1.82) is 0 Å². The second kappa shape index (κ2) is 6.60. The first-order valence-corrected chi connectivity index (χ1v) is 6.16. The molecule has 0 aromatic heterocycles. The van der Waals surface area contributed by atoms with Crippen LogP contribution in [0.4, 0.5) is 4.39 Å². The van der Waals surface area contributed by atoms with Gasteiger partial charge < -0.3 is 5.32 Å². The van der Waals surface area contributed by atoms with Crippen LogP contribution < -0.4 is 5.32 Å². The molecule has 0 saturated carbocycles. The Balaban J connectivity index is 2.53. The number of halogens is 2. The Bertz CT molecular complexity index is 383. The van der Waals surface area contributed by atoms with Crippen molar-refractivity contribution >= 4 is 17.5 Å². The van der Waals surface area contributed by atoms with E-state index in [0.29, 0.717) is 11.4 Å². The second-order valence-electron chi connectivity index (χ2n) is 4.26. The summed E-state index contributed by atoms with van der Waals surface area (Å²) in [6.45, 7) is 3.85. The molecule has 4 heteroatoms. The van der Waals surface area contributed by atoms with Gasteiger partial charge in [-0.1, -0.05) is 25.1 Å². The van der Waals surface area contributed by atoms with Gasteiger partial charge in [-0.15, -0.1) is 11.6 Å². The summed E-state index contributed by atoms with van der Waals surface area (Å²) in [7, 11) is 0. The smallest absolute Gasteiger partial charge is 0.224 e. The molecule has 1 amide bonds. The molecule has 1 N–H and O–H groups in total. The molecular weight excluding hydrogens is 241 g/mol. The van der Waals surface area contributed by atoms with Gasteiger partial charge in [-0.05, 0) is 24.5 Å². The molecule has 0 radical (unpaired) electrons. The first kappa shape index (κ1) is 14.0. The van der Waals surface area contributed by atoms with Gasteiger partial charge in [0.15, 0.2) is 0 Å². The van der Waals surface area contributed by atoms with Gasteiger partial charge in [-0.3, -0.25) is 4.79 Å². The maximum Gasteiger partial charge on any atom is 0.224 e. The van der Waals surface area contributed by atoms with Gasteiger partial charge in [0.2, 0.25) is 5.91 Å². The Hall–Kier alpha value is -1.09. The van der Waals surface area contributed by atoms with Crippen molar-refractivity contribution in [2.24, 2.45) is 5.92 Å². The zero-order chi connectivity index (χ0) is 12.8. The van der Waals surface area contributed by atoms with Crippen LogP contribution in [0.3, 0.4) is 0 Å². The fraction of sp³-hybridized carbons (Fsp3) is 0.462. The molecule has 0 aliphatic heterocycles. The summed E-state index contributed by atoms with van der Waals surface area (Å²) in [5.74, 6) is 0.155. The third-order valence-corrected chi connectivity index (χ3v) is 3.28. The molecule has 0 spiro atoms. The Morgan fingerprint density at radius 3 is 2.65 bits per heavy atom. The van der Waals surface area contributed by atoms with Crippen LogP contribution in [0.2, 0.25) is 0 Å². The van der Waals surface area contributed by atoms with Gasteiger partial charge in [0, 0.05) is 11.9 Å². The zero-order valence-corrected chi connectivity index (χ0v) is 10.8. The van der Waals surface area contributed by atoms with E-state index in [1.54, 1.807) is 18.2 Å². The fourth-order valence-electron chi connectivity index (χ4n) is 1.40. The predicted octanol–water partition coefficient (Wildman–Crippen LogP) is 2.75. The van der Waals surface area contributed by atoms with Crippen LogP contribution in [0.1, 0.15) is 19.4 Å². The van der Waals surface area contributed by atoms with E-state index in [0.717, 1.165) is 0 Å². The highest BCUT2D eigenvalue weighted by molar-refractivity contribution is 6.18. The summed E-state index contributed by atoms with van der Waals surface area (Å²) in [6, 6.07) is 6.29. The van der Waals surface area contributed by atoms with Crippen molar-refractivity contribution in [1.82, 2.24) is 5.32 Å². The Kier molecular flexibility index (Phi) is 5.42. The van der Waals surface area contributed by atoms with E-state index >= 15 is 0 Å². The lowest BCUT2D eigenvalue weighted by molar-refractivity contribution is -0.121. The SMILES string of the molecule is CC(CCl)C(C)NC(=O)Cc1ccccc1F. The molecule has 1 rings (SSSR count). The number of alkyl halides is 1. The number of hydrogen-bond donors (Lipinski definition) is 1. The maximum atomic E-state index is 13.3. The molecule has 2 nitrogen and oxygen atoms in total. The minimum atomic E-state index is -0.347. The minimum absolute atomic E-state index is 0.00762. The summed E-state index contributed by atoms with van der Waals surface area (Å²) < 4.78 is 13.3. The van der Waals surface area contributed by atoms with Crippen LogP contribution in [0.15, 0.2) is 24.3 Å². The maximum absolute atomic E-state index is 13.3. The minimum Gasteiger partial charge on any atom is -0.353 e. The molecule has 2 unspecified atom stereocenters. The number of benzene rings is 1. The Morgan fingerprint density at radius 2 is 2.06 bits per heavy atom. The monoisotopic (exact) mass is 257 g/mol. The molecule has 0 bridgehead atoms. The van der Waals surface area contributed by atoms with E-state index in [4.69, 9.17) is 11.6 Å². The van der Waals surface area contributed by atoms with E-state index < -0.39 is 0 Å². The van der Waals surface area contributed by atoms with Crippen molar-refractivity contribution in [3.8, 4) is 0 Å². The van der Waals surface area contributed by atoms with E-state index in [2.05, 4.69) is 5.32 Å². The lowest BCUT2D eigenvalue weighted by Gasteiger charge is -2.19. The van der Waals surface area contributed by atoms with Gasteiger partial charge in [0.25, 0.3) is 0 Å². The van der Waals surface area contributed by atoms with E-state index in [9.17, 15) is 9.18 Å². The summed E-state index contributed by atoms with van der Waals surface area (Å²) in [4.78, 5) is 11.7. The quantitative estimate of drug-likeness (QED) is 0.808. The van der Waals surface area contributed by atoms with Gasteiger partial charge >= 0.3 is 0 Å². The lowest BCUT2D eigenvalue weighted by Crippen LogP contribution is -2.38. The van der Waals surface area contributed by atoms with Crippen LogP contribution in [0, 0.1) is 11.7 Å². The standard InChI is InChI=1S/C13H17ClFNO/c1-9(8-14)10(2)16-13(17)7-11-5-3-4-6-12(11)15/h3-6,9-10H,7-8H2,1-2H3,(H,16,17). The van der Waals surface area contributed by atoms with E-state index in [1.807, 2.05) is 13.8 Å². The summed E-state index contributed by atoms with van der Waals surface area (Å²) >= 11 is 5.70. The number of carbonyl (C=O) groups excluding carboxylic acids is 1. The number of amides is 1. The lowest BCUT2D eigenvalue weighted by atomic mass is 10.1. The van der Waals surface area contributed by atoms with Gasteiger partial charge in [-0.2, -0.15) is 0 Å². The number of hydrogen-bond acceptors (Lipinski definition) is 1. The highest BCUT2D eigenvalue weighted by Crippen LogP contribution is 2.08. The van der Waals surface area contributed by atoms with Crippen LogP contribution in [-0.2, 0) is 11.2 Å². The fourth-order valence-corrected chi connectivity index (χ4v) is 1.66. The Morgan fingerprint density at radius 1 is 1.41 bits per heavy atom. The van der Waals surface area contributed by atoms with Crippen LogP contribution in [0.25, 0.3) is 0 Å². The predicted molar refractivity (Wildman–Crippen MR) is 67.6 cm³/mol. The number of rotatable bonds is 5. The molecule has 17 heavy (non-hydrogen) atoms. The molecule has 94 valence electrons. The number of nitrogens with one attached hydrogen (secondary N) is 1. The normalized spacial score (nSPS) is 14.1. The first-order valence-electron chi connectivity index (χ1n) is 5.63. The molecule has 0 aliphatic rings. The van der Waals surface area contributed by atoms with E-state index in [-0.39, 0.29) is 30.1 Å². The molecule has 1 aromatic carbocycles. The van der Waals surface area contributed by atoms with Gasteiger partial charge in [-0.25, -0.2) is 4.39 Å². The Labute approximate surface area is 106 Å². The summed E-state index contributed by atoms with van der Waals surface area (Å²) in [5, 5.41) is 2.82. The van der Waals surface area contributed by atoms with E-state index in [1.165, 1.54) is 6.07 Å². The molecular formula is C13H17ClFNO. The number of carbonyl (C=O) groups is 1. The van der Waals surface area contributed by atoms with Gasteiger partial charge in [0.1, 0.15) is 5.82 Å². The molecule has 2 atom stereocenters. The van der Waals surface area contributed by atoms with Crippen LogP contribution in [0.5, 0.6) is 0 Å². The van der Waals surface area contributed by atoms with Crippen molar-refractivity contribution in [2.45, 2.75) is 26.3 Å². The summed E-state index contributed by atoms with van der Waals surface area (Å²) in [6.07, 6.45) is 0.0615. The highest BCUT2D eigenvalue weighted by Gasteiger charge is 2.14. The van der Waals surface area contributed by atoms with Crippen molar-refractivity contribution in [3.63, 3.8) is 0 Å². The molecule has 0 fully saturated rings.